The molecule has 24 heavy (non-hydrogen) atoms. The first-order chi connectivity index (χ1) is 11.1. The van der Waals surface area contributed by atoms with Gasteiger partial charge in [0.2, 0.25) is 0 Å². The average Bonchev–Trinajstić information content (AvgIpc) is 2.80. The first kappa shape index (κ1) is 19.0. The fourth-order valence-corrected chi connectivity index (χ4v) is 4.09. The summed E-state index contributed by atoms with van der Waals surface area (Å²) in [5.41, 5.74) is 1.78. The lowest BCUT2D eigenvalue weighted by molar-refractivity contribution is -0.172. The van der Waals surface area contributed by atoms with Gasteiger partial charge >= 0.3 is 0 Å². The van der Waals surface area contributed by atoms with E-state index in [0.29, 0.717) is 24.6 Å². The van der Waals surface area contributed by atoms with E-state index < -0.39 is 5.54 Å². The molecule has 1 heterocycles. The lowest BCUT2D eigenvalue weighted by atomic mass is 9.54. The van der Waals surface area contributed by atoms with Gasteiger partial charge in [0.1, 0.15) is 0 Å². The number of nitrogens with zero attached hydrogens (tertiary/aromatic N) is 1. The maximum Gasteiger partial charge on any atom is 0.253 e. The largest absolute Gasteiger partial charge is 0.394 e. The highest BCUT2D eigenvalue weighted by Gasteiger charge is 2.61. The number of amides is 1. The number of carbonyl (C=O) groups is 1. The van der Waals surface area contributed by atoms with Gasteiger partial charge in [-0.1, -0.05) is 13.8 Å². The van der Waals surface area contributed by atoms with Crippen molar-refractivity contribution in [2.75, 3.05) is 13.2 Å². The van der Waals surface area contributed by atoms with Crippen molar-refractivity contribution in [2.24, 2.45) is 5.41 Å². The Morgan fingerprint density at radius 3 is 2.50 bits per heavy atom. The number of hydrogen-bond acceptors (Lipinski definition) is 3. The summed E-state index contributed by atoms with van der Waals surface area (Å²) in [7, 11) is 0. The molecule has 5 heteroatoms. The summed E-state index contributed by atoms with van der Waals surface area (Å²) in [6, 6.07) is 2.24. The third-order valence-electron chi connectivity index (χ3n) is 5.81. The maximum absolute atomic E-state index is 12.9. The number of aromatic nitrogens is 1. The van der Waals surface area contributed by atoms with E-state index in [4.69, 9.17) is 4.74 Å². The van der Waals surface area contributed by atoms with Gasteiger partial charge in [0, 0.05) is 35.9 Å². The number of aliphatic hydroxyl groups excluding tert-OH is 1. The highest BCUT2D eigenvalue weighted by molar-refractivity contribution is 5.96. The second kappa shape index (κ2) is 6.52. The van der Waals surface area contributed by atoms with Crippen LogP contribution in [0.25, 0.3) is 0 Å². The van der Waals surface area contributed by atoms with E-state index in [2.05, 4.69) is 23.7 Å². The van der Waals surface area contributed by atoms with Crippen LogP contribution in [-0.4, -0.2) is 40.4 Å². The molecule has 2 unspecified atom stereocenters. The van der Waals surface area contributed by atoms with Crippen LogP contribution < -0.4 is 5.32 Å². The van der Waals surface area contributed by atoms with Crippen LogP contribution in [0, 0.1) is 19.3 Å². The second-order valence-electron chi connectivity index (χ2n) is 7.81. The summed E-state index contributed by atoms with van der Waals surface area (Å²) in [4.78, 5) is 12.9. The monoisotopic (exact) mass is 336 g/mol. The Balaban J connectivity index is 2.25. The molecule has 0 spiro atoms. The molecule has 0 aliphatic heterocycles. The van der Waals surface area contributed by atoms with Crippen molar-refractivity contribution in [1.29, 1.82) is 0 Å². The van der Waals surface area contributed by atoms with Crippen LogP contribution in [0.1, 0.15) is 68.8 Å². The van der Waals surface area contributed by atoms with Gasteiger partial charge in [-0.2, -0.15) is 0 Å². The maximum atomic E-state index is 12.9. The van der Waals surface area contributed by atoms with E-state index in [-0.39, 0.29) is 24.0 Å². The minimum absolute atomic E-state index is 0.0537. The molecule has 0 saturated heterocycles. The van der Waals surface area contributed by atoms with E-state index in [1.165, 1.54) is 0 Å². The summed E-state index contributed by atoms with van der Waals surface area (Å²) in [5, 5.41) is 13.1. The summed E-state index contributed by atoms with van der Waals surface area (Å²) in [6.07, 6.45) is 0.692. The van der Waals surface area contributed by atoms with E-state index >= 15 is 0 Å². The first-order valence-electron chi connectivity index (χ1n) is 8.84. The highest BCUT2D eigenvalue weighted by atomic mass is 16.5. The van der Waals surface area contributed by atoms with Gasteiger partial charge in [0.15, 0.2) is 0 Å². The number of ether oxygens (including phenoxy) is 1. The molecule has 0 bridgehead atoms. The zero-order valence-corrected chi connectivity index (χ0v) is 16.1. The molecule has 1 aromatic rings. The van der Waals surface area contributed by atoms with Gasteiger partial charge in [0.25, 0.3) is 5.91 Å². The fourth-order valence-electron chi connectivity index (χ4n) is 4.09. The van der Waals surface area contributed by atoms with Crippen LogP contribution in [-0.2, 0) is 4.74 Å². The number of nitrogens with one attached hydrogen (secondary N) is 1. The number of hydrogen-bond donors (Lipinski definition) is 2. The van der Waals surface area contributed by atoms with Crippen molar-refractivity contribution in [3.63, 3.8) is 0 Å². The van der Waals surface area contributed by atoms with E-state index in [1.54, 1.807) is 0 Å². The number of aryl methyl sites for hydroxylation is 1. The Labute approximate surface area is 145 Å². The first-order valence-corrected chi connectivity index (χ1v) is 8.84. The van der Waals surface area contributed by atoms with Crippen LogP contribution >= 0.6 is 0 Å². The molecule has 2 atom stereocenters. The molecular formula is C19H32N2O3. The molecule has 1 fully saturated rings. The van der Waals surface area contributed by atoms with E-state index in [9.17, 15) is 9.90 Å². The minimum Gasteiger partial charge on any atom is -0.394 e. The smallest absolute Gasteiger partial charge is 0.253 e. The lowest BCUT2D eigenvalue weighted by Crippen LogP contribution is -2.74. The van der Waals surface area contributed by atoms with Crippen molar-refractivity contribution in [3.8, 4) is 0 Å². The molecule has 1 aliphatic rings. The predicted octanol–water partition coefficient (Wildman–Crippen LogP) is 2.98. The van der Waals surface area contributed by atoms with Gasteiger partial charge in [-0.25, -0.2) is 0 Å². The van der Waals surface area contributed by atoms with Crippen molar-refractivity contribution >= 4 is 5.91 Å². The Bertz CT molecular complexity index is 618. The normalized spacial score (nSPS) is 25.6. The Morgan fingerprint density at radius 2 is 2.08 bits per heavy atom. The van der Waals surface area contributed by atoms with Gasteiger partial charge < -0.3 is 19.7 Å². The zero-order chi connectivity index (χ0) is 18.3. The molecule has 0 aromatic carbocycles. The quantitative estimate of drug-likeness (QED) is 0.839. The summed E-state index contributed by atoms with van der Waals surface area (Å²) in [6.45, 7) is 14.8. The molecule has 1 aliphatic carbocycles. The standard InChI is InChI=1S/C19H32N2O3/c1-8-24-16-10-19(11-22,18(16,6)7)20-17(23)15-9-13(4)21(12(2)3)14(15)5/h9,12,16,22H,8,10-11H2,1-7H3,(H,20,23). The summed E-state index contributed by atoms with van der Waals surface area (Å²) >= 11 is 0. The van der Waals surface area contributed by atoms with E-state index in [0.717, 1.165) is 11.4 Å². The number of aliphatic hydroxyl groups is 1. The third kappa shape index (κ3) is 2.78. The van der Waals surface area contributed by atoms with Gasteiger partial charge in [-0.3, -0.25) is 4.79 Å². The molecule has 136 valence electrons. The Morgan fingerprint density at radius 1 is 1.46 bits per heavy atom. The molecule has 1 aromatic heterocycles. The minimum atomic E-state index is -0.635. The molecule has 0 radical (unpaired) electrons. The van der Waals surface area contributed by atoms with Crippen molar-refractivity contribution < 1.29 is 14.6 Å². The van der Waals surface area contributed by atoms with Crippen LogP contribution in [0.4, 0.5) is 0 Å². The Hall–Kier alpha value is -1.33. The summed E-state index contributed by atoms with van der Waals surface area (Å²) in [5.74, 6) is -0.118. The number of rotatable bonds is 6. The van der Waals surface area contributed by atoms with Crippen LogP contribution in [0.2, 0.25) is 0 Å². The second-order valence-corrected chi connectivity index (χ2v) is 7.81. The fraction of sp³-hybridized carbons (Fsp3) is 0.737. The average molecular weight is 336 g/mol. The molecule has 2 N–H and O–H groups in total. The third-order valence-corrected chi connectivity index (χ3v) is 5.81. The SMILES string of the molecule is CCOC1CC(CO)(NC(=O)c2cc(C)n(C(C)C)c2C)C1(C)C. The molecular weight excluding hydrogens is 304 g/mol. The van der Waals surface area contributed by atoms with Gasteiger partial charge in [-0.15, -0.1) is 0 Å². The van der Waals surface area contributed by atoms with Gasteiger partial charge in [0.05, 0.1) is 23.8 Å². The van der Waals surface area contributed by atoms with Crippen LogP contribution in [0.3, 0.4) is 0 Å². The molecule has 1 saturated carbocycles. The van der Waals surface area contributed by atoms with Crippen LogP contribution in [0.5, 0.6) is 0 Å². The molecule has 1 amide bonds. The Kier molecular flexibility index (Phi) is 5.17. The predicted molar refractivity (Wildman–Crippen MR) is 95.4 cm³/mol. The van der Waals surface area contributed by atoms with Crippen molar-refractivity contribution in [2.45, 2.75) is 72.6 Å². The van der Waals surface area contributed by atoms with Gasteiger partial charge in [-0.05, 0) is 40.7 Å². The van der Waals surface area contributed by atoms with E-state index in [1.807, 2.05) is 40.7 Å². The van der Waals surface area contributed by atoms with Crippen molar-refractivity contribution in [3.05, 3.63) is 23.0 Å². The van der Waals surface area contributed by atoms with Crippen LogP contribution in [0.15, 0.2) is 6.07 Å². The van der Waals surface area contributed by atoms with Crippen molar-refractivity contribution in [1.82, 2.24) is 9.88 Å². The zero-order valence-electron chi connectivity index (χ0n) is 16.1. The topological polar surface area (TPSA) is 63.5 Å². The molecule has 2 rings (SSSR count). The highest BCUT2D eigenvalue weighted by Crippen LogP contribution is 2.51. The molecule has 5 nitrogen and oxygen atoms in total. The number of carbonyl (C=O) groups excluding carboxylic acids is 1. The summed E-state index contributed by atoms with van der Waals surface area (Å²) < 4.78 is 7.91. The lowest BCUT2D eigenvalue weighted by Gasteiger charge is -2.60.